The Kier molecular flexibility index (Phi) is 3.43. The van der Waals surface area contributed by atoms with Gasteiger partial charge < -0.3 is 9.47 Å². The number of benzene rings is 1. The first-order valence-electron chi connectivity index (χ1n) is 4.91. The van der Waals surface area contributed by atoms with Crippen LogP contribution < -0.4 is 0 Å². The summed E-state index contributed by atoms with van der Waals surface area (Å²) in [5.41, 5.74) is 1.02. The van der Waals surface area contributed by atoms with Gasteiger partial charge in [-0.15, -0.1) is 0 Å². The highest BCUT2D eigenvalue weighted by molar-refractivity contribution is 6.31. The normalized spacial score (nSPS) is 11.5. The Balaban J connectivity index is 2.31. The number of hydrogen-bond acceptors (Lipinski definition) is 3. The highest BCUT2D eigenvalue weighted by Gasteiger charge is 2.09. The summed E-state index contributed by atoms with van der Waals surface area (Å²) in [4.78, 5) is 0. The summed E-state index contributed by atoms with van der Waals surface area (Å²) < 4.78 is 12.1. The van der Waals surface area contributed by atoms with E-state index in [0.29, 0.717) is 11.6 Å². The van der Waals surface area contributed by atoms with Crippen LogP contribution in [0.5, 0.6) is 0 Å². The SMILES string of the molecule is COC(Cn1ncc2cc(Cl)ccc21)OC. The predicted molar refractivity (Wildman–Crippen MR) is 62.5 cm³/mol. The second-order valence-corrected chi connectivity index (χ2v) is 3.87. The molecule has 2 rings (SSSR count). The lowest BCUT2D eigenvalue weighted by Crippen LogP contribution is -2.21. The minimum atomic E-state index is -0.293. The maximum Gasteiger partial charge on any atom is 0.176 e. The molecule has 0 fully saturated rings. The standard InChI is InChI=1S/C11H13ClN2O2/c1-15-11(16-2)7-14-10-4-3-9(12)5-8(10)6-13-14/h3-6,11H,7H2,1-2H3. The van der Waals surface area contributed by atoms with Gasteiger partial charge in [0, 0.05) is 24.6 Å². The van der Waals surface area contributed by atoms with E-state index < -0.39 is 0 Å². The molecular formula is C11H13ClN2O2. The van der Waals surface area contributed by atoms with Crippen LogP contribution in [0.1, 0.15) is 0 Å². The summed E-state index contributed by atoms with van der Waals surface area (Å²) in [7, 11) is 3.22. The Hall–Kier alpha value is -1.10. The van der Waals surface area contributed by atoms with Crippen LogP contribution in [-0.2, 0) is 16.0 Å². The molecule has 0 bridgehead atoms. The lowest BCUT2D eigenvalue weighted by molar-refractivity contribution is -0.111. The minimum absolute atomic E-state index is 0.293. The number of hydrogen-bond donors (Lipinski definition) is 0. The van der Waals surface area contributed by atoms with Crippen molar-refractivity contribution in [1.82, 2.24) is 9.78 Å². The topological polar surface area (TPSA) is 36.3 Å². The van der Waals surface area contributed by atoms with Crippen molar-refractivity contribution in [3.63, 3.8) is 0 Å². The summed E-state index contributed by atoms with van der Waals surface area (Å²) in [6.45, 7) is 0.554. The Labute approximate surface area is 98.7 Å². The first kappa shape index (κ1) is 11.4. The number of methoxy groups -OCH3 is 2. The van der Waals surface area contributed by atoms with E-state index in [-0.39, 0.29) is 6.29 Å². The molecule has 5 heteroatoms. The fourth-order valence-corrected chi connectivity index (χ4v) is 1.77. The molecule has 2 aromatic rings. The molecule has 0 unspecified atom stereocenters. The monoisotopic (exact) mass is 240 g/mol. The van der Waals surface area contributed by atoms with Crippen molar-refractivity contribution in [1.29, 1.82) is 0 Å². The molecular weight excluding hydrogens is 228 g/mol. The van der Waals surface area contributed by atoms with Gasteiger partial charge in [-0.25, -0.2) is 0 Å². The number of aromatic nitrogens is 2. The molecule has 0 aliphatic rings. The van der Waals surface area contributed by atoms with E-state index in [1.807, 2.05) is 22.9 Å². The van der Waals surface area contributed by atoms with Crippen LogP contribution in [0.2, 0.25) is 5.02 Å². The van der Waals surface area contributed by atoms with Crippen LogP contribution in [0.3, 0.4) is 0 Å². The largest absolute Gasteiger partial charge is 0.354 e. The quantitative estimate of drug-likeness (QED) is 0.770. The van der Waals surface area contributed by atoms with E-state index in [0.717, 1.165) is 10.9 Å². The third-order valence-electron chi connectivity index (χ3n) is 2.45. The molecule has 0 atom stereocenters. The van der Waals surface area contributed by atoms with Gasteiger partial charge in [0.05, 0.1) is 18.3 Å². The zero-order chi connectivity index (χ0) is 11.5. The molecule has 0 saturated carbocycles. The van der Waals surface area contributed by atoms with Crippen molar-refractivity contribution >= 4 is 22.5 Å². The Bertz CT molecular complexity index is 480. The molecule has 0 aliphatic carbocycles. The number of fused-ring (bicyclic) bond motifs is 1. The Morgan fingerprint density at radius 3 is 2.81 bits per heavy atom. The molecule has 0 aliphatic heterocycles. The van der Waals surface area contributed by atoms with Gasteiger partial charge in [-0.2, -0.15) is 5.10 Å². The van der Waals surface area contributed by atoms with Crippen molar-refractivity contribution in [3.05, 3.63) is 29.4 Å². The zero-order valence-corrected chi connectivity index (χ0v) is 9.94. The van der Waals surface area contributed by atoms with Crippen LogP contribution in [-0.4, -0.2) is 30.3 Å². The highest BCUT2D eigenvalue weighted by atomic mass is 35.5. The summed E-state index contributed by atoms with van der Waals surface area (Å²) >= 11 is 5.90. The summed E-state index contributed by atoms with van der Waals surface area (Å²) in [5.74, 6) is 0. The maximum atomic E-state index is 5.90. The van der Waals surface area contributed by atoms with Gasteiger partial charge in [0.2, 0.25) is 0 Å². The second kappa shape index (κ2) is 4.82. The molecule has 0 N–H and O–H groups in total. The zero-order valence-electron chi connectivity index (χ0n) is 9.18. The second-order valence-electron chi connectivity index (χ2n) is 3.43. The number of nitrogens with zero attached hydrogens (tertiary/aromatic N) is 2. The Morgan fingerprint density at radius 2 is 2.12 bits per heavy atom. The van der Waals surface area contributed by atoms with Gasteiger partial charge in [0.25, 0.3) is 0 Å². The number of rotatable bonds is 4. The lowest BCUT2D eigenvalue weighted by Gasteiger charge is -2.13. The summed E-state index contributed by atoms with van der Waals surface area (Å²) in [6.07, 6.45) is 1.49. The molecule has 1 aromatic heterocycles. The molecule has 1 aromatic carbocycles. The molecule has 0 amide bonds. The van der Waals surface area contributed by atoms with Crippen molar-refractivity contribution in [2.45, 2.75) is 12.8 Å². The molecule has 16 heavy (non-hydrogen) atoms. The van der Waals surface area contributed by atoms with Crippen LogP contribution in [0.4, 0.5) is 0 Å². The van der Waals surface area contributed by atoms with Crippen molar-refractivity contribution in [3.8, 4) is 0 Å². The van der Waals surface area contributed by atoms with Crippen LogP contribution >= 0.6 is 11.6 Å². The first-order valence-corrected chi connectivity index (χ1v) is 5.29. The molecule has 4 nitrogen and oxygen atoms in total. The fraction of sp³-hybridized carbons (Fsp3) is 0.364. The van der Waals surface area contributed by atoms with Crippen LogP contribution in [0.25, 0.3) is 10.9 Å². The van der Waals surface area contributed by atoms with E-state index in [9.17, 15) is 0 Å². The van der Waals surface area contributed by atoms with E-state index >= 15 is 0 Å². The molecule has 0 spiro atoms. The van der Waals surface area contributed by atoms with Crippen LogP contribution in [0.15, 0.2) is 24.4 Å². The van der Waals surface area contributed by atoms with Gasteiger partial charge in [-0.1, -0.05) is 11.6 Å². The fourth-order valence-electron chi connectivity index (χ4n) is 1.59. The van der Waals surface area contributed by atoms with Gasteiger partial charge in [0.15, 0.2) is 6.29 Å². The molecule has 1 heterocycles. The predicted octanol–water partition coefficient (Wildman–Crippen LogP) is 2.31. The lowest BCUT2D eigenvalue weighted by atomic mass is 10.2. The van der Waals surface area contributed by atoms with Crippen LogP contribution in [0, 0.1) is 0 Å². The minimum Gasteiger partial charge on any atom is -0.354 e. The van der Waals surface area contributed by atoms with Gasteiger partial charge >= 0.3 is 0 Å². The smallest absolute Gasteiger partial charge is 0.176 e. The third-order valence-corrected chi connectivity index (χ3v) is 2.69. The molecule has 86 valence electrons. The van der Waals surface area contributed by atoms with Crippen molar-refractivity contribution < 1.29 is 9.47 Å². The van der Waals surface area contributed by atoms with E-state index in [1.54, 1.807) is 20.4 Å². The first-order chi connectivity index (χ1) is 7.74. The molecule has 0 radical (unpaired) electrons. The van der Waals surface area contributed by atoms with Crippen molar-refractivity contribution in [2.24, 2.45) is 0 Å². The highest BCUT2D eigenvalue weighted by Crippen LogP contribution is 2.19. The van der Waals surface area contributed by atoms with E-state index in [4.69, 9.17) is 21.1 Å². The Morgan fingerprint density at radius 1 is 1.38 bits per heavy atom. The average Bonchev–Trinajstić information content (AvgIpc) is 2.68. The van der Waals surface area contributed by atoms with Gasteiger partial charge in [-0.3, -0.25) is 4.68 Å². The average molecular weight is 241 g/mol. The summed E-state index contributed by atoms with van der Waals surface area (Å²) in [6, 6.07) is 5.67. The van der Waals surface area contributed by atoms with E-state index in [1.165, 1.54) is 0 Å². The van der Waals surface area contributed by atoms with Gasteiger partial charge in [0.1, 0.15) is 0 Å². The number of halogens is 1. The van der Waals surface area contributed by atoms with Gasteiger partial charge in [-0.05, 0) is 18.2 Å². The molecule has 0 saturated heterocycles. The van der Waals surface area contributed by atoms with E-state index in [2.05, 4.69) is 5.10 Å². The number of ether oxygens (including phenoxy) is 2. The third kappa shape index (κ3) is 2.19. The maximum absolute atomic E-state index is 5.90. The van der Waals surface area contributed by atoms with Crippen molar-refractivity contribution in [2.75, 3.05) is 14.2 Å². The summed E-state index contributed by atoms with van der Waals surface area (Å²) in [5, 5.41) is 5.99.